The fourth-order valence-corrected chi connectivity index (χ4v) is 3.93. The number of ether oxygens (including phenoxy) is 1. The molecular formula is C23H19N3O2. The van der Waals surface area contributed by atoms with E-state index in [4.69, 9.17) is 4.74 Å². The van der Waals surface area contributed by atoms with Gasteiger partial charge < -0.3 is 4.74 Å². The Morgan fingerprint density at radius 2 is 1.43 bits per heavy atom. The zero-order valence-electron chi connectivity index (χ0n) is 15.2. The van der Waals surface area contributed by atoms with Crippen LogP contribution in [0.25, 0.3) is 10.4 Å². The SMILES string of the molecule is [N-]=[N+]=N[C@@]1(c2ccccc2)C[C@]1(C(=O)OCc1ccccc1)c1ccccc1. The molecule has 3 aromatic carbocycles. The molecule has 0 saturated heterocycles. The van der Waals surface area contributed by atoms with Gasteiger partial charge in [-0.05, 0) is 28.6 Å². The second-order valence-electron chi connectivity index (χ2n) is 6.93. The van der Waals surface area contributed by atoms with Gasteiger partial charge in [-0.15, -0.1) is 0 Å². The highest BCUT2D eigenvalue weighted by atomic mass is 16.5. The normalized spacial score (nSPS) is 22.7. The molecule has 0 aromatic heterocycles. The molecule has 0 aliphatic heterocycles. The number of hydrogen-bond donors (Lipinski definition) is 0. The first-order chi connectivity index (χ1) is 13.7. The van der Waals surface area contributed by atoms with Gasteiger partial charge in [0.25, 0.3) is 0 Å². The molecule has 0 amide bonds. The van der Waals surface area contributed by atoms with Gasteiger partial charge >= 0.3 is 5.97 Å². The first-order valence-corrected chi connectivity index (χ1v) is 9.11. The number of esters is 1. The Hall–Kier alpha value is -3.56. The summed E-state index contributed by atoms with van der Waals surface area (Å²) in [7, 11) is 0. The molecular weight excluding hydrogens is 350 g/mol. The molecule has 5 heteroatoms. The maximum atomic E-state index is 13.4. The lowest BCUT2D eigenvalue weighted by Crippen LogP contribution is -2.31. The molecule has 1 aliphatic rings. The van der Waals surface area contributed by atoms with E-state index in [9.17, 15) is 10.3 Å². The summed E-state index contributed by atoms with van der Waals surface area (Å²) in [6.07, 6.45) is 0.381. The molecule has 0 N–H and O–H groups in total. The number of nitrogens with zero attached hydrogens (tertiary/aromatic N) is 3. The molecule has 0 radical (unpaired) electrons. The minimum atomic E-state index is -1.03. The third-order valence-corrected chi connectivity index (χ3v) is 5.40. The Labute approximate surface area is 163 Å². The van der Waals surface area contributed by atoms with Crippen molar-refractivity contribution in [2.45, 2.75) is 24.0 Å². The first-order valence-electron chi connectivity index (χ1n) is 9.11. The van der Waals surface area contributed by atoms with Crippen molar-refractivity contribution in [3.63, 3.8) is 0 Å². The van der Waals surface area contributed by atoms with Crippen LogP contribution in [0.2, 0.25) is 0 Å². The number of carbonyl (C=O) groups is 1. The van der Waals surface area contributed by atoms with Crippen LogP contribution in [0, 0.1) is 0 Å². The monoisotopic (exact) mass is 369 g/mol. The second kappa shape index (κ2) is 7.22. The van der Waals surface area contributed by atoms with E-state index in [1.165, 1.54) is 0 Å². The van der Waals surface area contributed by atoms with E-state index in [2.05, 4.69) is 10.0 Å². The number of carbonyl (C=O) groups excluding carboxylic acids is 1. The Morgan fingerprint density at radius 1 is 0.893 bits per heavy atom. The average molecular weight is 369 g/mol. The number of rotatable bonds is 6. The van der Waals surface area contributed by atoms with Crippen LogP contribution < -0.4 is 0 Å². The lowest BCUT2D eigenvalue weighted by Gasteiger charge is -2.22. The molecule has 4 rings (SSSR count). The molecule has 138 valence electrons. The Kier molecular flexibility index (Phi) is 4.60. The van der Waals surface area contributed by atoms with Gasteiger partial charge in [-0.25, -0.2) is 0 Å². The van der Waals surface area contributed by atoms with Crippen LogP contribution in [-0.4, -0.2) is 5.97 Å². The topological polar surface area (TPSA) is 75.1 Å². The summed E-state index contributed by atoms with van der Waals surface area (Å²) >= 11 is 0. The quantitative estimate of drug-likeness (QED) is 0.257. The third-order valence-electron chi connectivity index (χ3n) is 5.40. The van der Waals surface area contributed by atoms with E-state index in [0.29, 0.717) is 6.42 Å². The predicted molar refractivity (Wildman–Crippen MR) is 106 cm³/mol. The van der Waals surface area contributed by atoms with Gasteiger partial charge in [-0.1, -0.05) is 96.1 Å². The summed E-state index contributed by atoms with van der Waals surface area (Å²) in [4.78, 5) is 16.4. The standard InChI is InChI=1S/C23H19N3O2/c24-26-25-23(20-14-8-3-9-15-20)17-22(23,19-12-6-2-7-13-19)21(27)28-16-18-10-4-1-5-11-18/h1-15H,16-17H2/t22-,23-/m1/s1. The molecule has 0 bridgehead atoms. The van der Waals surface area contributed by atoms with E-state index in [1.807, 2.05) is 91.0 Å². The van der Waals surface area contributed by atoms with E-state index in [-0.39, 0.29) is 12.6 Å². The van der Waals surface area contributed by atoms with Gasteiger partial charge in [-0.2, -0.15) is 0 Å². The van der Waals surface area contributed by atoms with Gasteiger partial charge in [0.05, 0.1) is 5.54 Å². The molecule has 0 spiro atoms. The smallest absolute Gasteiger partial charge is 0.317 e. The van der Waals surface area contributed by atoms with E-state index < -0.39 is 11.0 Å². The molecule has 2 atom stereocenters. The highest BCUT2D eigenvalue weighted by Gasteiger charge is 2.74. The average Bonchev–Trinajstić information content (AvgIpc) is 3.45. The fourth-order valence-electron chi connectivity index (χ4n) is 3.93. The van der Waals surface area contributed by atoms with Crippen molar-refractivity contribution >= 4 is 5.97 Å². The van der Waals surface area contributed by atoms with Crippen molar-refractivity contribution in [3.8, 4) is 0 Å². The van der Waals surface area contributed by atoms with Gasteiger partial charge in [-0.3, -0.25) is 4.79 Å². The van der Waals surface area contributed by atoms with Crippen molar-refractivity contribution in [1.29, 1.82) is 0 Å². The number of hydrogen-bond acceptors (Lipinski definition) is 3. The molecule has 28 heavy (non-hydrogen) atoms. The molecule has 5 nitrogen and oxygen atoms in total. The van der Waals surface area contributed by atoms with Crippen molar-refractivity contribution in [1.82, 2.24) is 0 Å². The van der Waals surface area contributed by atoms with Crippen molar-refractivity contribution < 1.29 is 9.53 Å². The highest BCUT2D eigenvalue weighted by Crippen LogP contribution is 2.67. The second-order valence-corrected chi connectivity index (χ2v) is 6.93. The van der Waals surface area contributed by atoms with Crippen molar-refractivity contribution in [2.75, 3.05) is 0 Å². The zero-order valence-corrected chi connectivity index (χ0v) is 15.2. The Balaban J connectivity index is 1.75. The minimum Gasteiger partial charge on any atom is -0.460 e. The fraction of sp³-hybridized carbons (Fsp3) is 0.174. The van der Waals surface area contributed by atoms with Gasteiger partial charge in [0.2, 0.25) is 0 Å². The lowest BCUT2D eigenvalue weighted by molar-refractivity contribution is -0.148. The summed E-state index contributed by atoms with van der Waals surface area (Å²) < 4.78 is 5.71. The third kappa shape index (κ3) is 2.82. The highest BCUT2D eigenvalue weighted by molar-refractivity contribution is 5.91. The van der Waals surface area contributed by atoms with Crippen molar-refractivity contribution in [2.24, 2.45) is 5.11 Å². The van der Waals surface area contributed by atoms with Crippen LogP contribution in [0.1, 0.15) is 23.1 Å². The van der Waals surface area contributed by atoms with Crippen LogP contribution in [0.15, 0.2) is 96.1 Å². The largest absolute Gasteiger partial charge is 0.460 e. The lowest BCUT2D eigenvalue weighted by atomic mass is 9.87. The predicted octanol–water partition coefficient (Wildman–Crippen LogP) is 5.28. The molecule has 1 saturated carbocycles. The Bertz CT molecular complexity index is 1020. The molecule has 3 aromatic rings. The summed E-state index contributed by atoms with van der Waals surface area (Å²) in [5.74, 6) is -0.376. The van der Waals surface area contributed by atoms with E-state index in [0.717, 1.165) is 16.7 Å². The van der Waals surface area contributed by atoms with Gasteiger partial charge in [0.1, 0.15) is 12.0 Å². The van der Waals surface area contributed by atoms with Crippen LogP contribution in [-0.2, 0) is 27.1 Å². The van der Waals surface area contributed by atoms with E-state index in [1.54, 1.807) is 0 Å². The molecule has 1 aliphatic carbocycles. The van der Waals surface area contributed by atoms with Crippen LogP contribution in [0.4, 0.5) is 0 Å². The maximum absolute atomic E-state index is 13.4. The summed E-state index contributed by atoms with van der Waals surface area (Å²) in [6.45, 7) is 0.176. The first kappa shape index (κ1) is 17.8. The molecule has 1 fully saturated rings. The summed E-state index contributed by atoms with van der Waals surface area (Å²) in [5.41, 5.74) is 9.78. The van der Waals surface area contributed by atoms with Crippen LogP contribution >= 0.6 is 0 Å². The number of benzene rings is 3. The number of azide groups is 1. The van der Waals surface area contributed by atoms with Gasteiger partial charge in [0.15, 0.2) is 0 Å². The Morgan fingerprint density at radius 3 is 2.00 bits per heavy atom. The minimum absolute atomic E-state index is 0.176. The molecule has 0 heterocycles. The van der Waals surface area contributed by atoms with Crippen LogP contribution in [0.3, 0.4) is 0 Å². The zero-order chi connectivity index (χ0) is 19.5. The van der Waals surface area contributed by atoms with Crippen molar-refractivity contribution in [3.05, 3.63) is 118 Å². The summed E-state index contributed by atoms with van der Waals surface area (Å²) in [5, 5.41) is 4.12. The maximum Gasteiger partial charge on any atom is 0.317 e. The van der Waals surface area contributed by atoms with Crippen LogP contribution in [0.5, 0.6) is 0 Å². The van der Waals surface area contributed by atoms with E-state index >= 15 is 0 Å². The molecule has 0 unspecified atom stereocenters. The van der Waals surface area contributed by atoms with Gasteiger partial charge in [0, 0.05) is 4.91 Å². The summed E-state index contributed by atoms with van der Waals surface area (Å²) in [6, 6.07) is 28.4.